The number of amides is 1. The molecule has 0 aliphatic carbocycles. The fourth-order valence-corrected chi connectivity index (χ4v) is 4.12. The molecule has 6 heteroatoms. The van der Waals surface area contributed by atoms with Gasteiger partial charge in [-0.3, -0.25) is 9.59 Å². The van der Waals surface area contributed by atoms with Crippen LogP contribution in [0.4, 0.5) is 0 Å². The first-order valence-electron chi connectivity index (χ1n) is 9.09. The lowest BCUT2D eigenvalue weighted by Crippen LogP contribution is -2.54. The summed E-state index contributed by atoms with van der Waals surface area (Å²) in [5.41, 5.74) is 1.60. The van der Waals surface area contributed by atoms with Crippen molar-refractivity contribution in [1.82, 2.24) is 9.80 Å². The molecular formula is C20H24N2O4. The second-order valence-electron chi connectivity index (χ2n) is 7.49. The summed E-state index contributed by atoms with van der Waals surface area (Å²) in [6, 6.07) is 5.08. The van der Waals surface area contributed by atoms with Crippen LogP contribution in [0.15, 0.2) is 27.4 Å². The summed E-state index contributed by atoms with van der Waals surface area (Å²) >= 11 is 0. The van der Waals surface area contributed by atoms with E-state index in [2.05, 4.69) is 11.9 Å². The Morgan fingerprint density at radius 2 is 1.85 bits per heavy atom. The smallest absolute Gasteiger partial charge is 0.292 e. The molecule has 26 heavy (non-hydrogen) atoms. The SMILES string of the molecule is Cc1cc(C)c2oc(C(=O)N3CCOC34CCN(C)CC4)cc(=O)c2c1. The number of ether oxygens (including phenoxy) is 1. The molecule has 0 unspecified atom stereocenters. The summed E-state index contributed by atoms with van der Waals surface area (Å²) in [6.45, 7) is 6.64. The van der Waals surface area contributed by atoms with Crippen molar-refractivity contribution in [3.8, 4) is 0 Å². The molecule has 0 saturated carbocycles. The van der Waals surface area contributed by atoms with E-state index in [4.69, 9.17) is 9.15 Å². The summed E-state index contributed by atoms with van der Waals surface area (Å²) in [7, 11) is 2.07. The highest BCUT2D eigenvalue weighted by Crippen LogP contribution is 2.35. The molecule has 4 rings (SSSR count). The fourth-order valence-electron chi connectivity index (χ4n) is 4.12. The molecule has 1 spiro atoms. The van der Waals surface area contributed by atoms with Crippen LogP contribution < -0.4 is 5.43 Å². The molecule has 138 valence electrons. The van der Waals surface area contributed by atoms with E-state index in [1.165, 1.54) is 6.07 Å². The maximum atomic E-state index is 13.2. The van der Waals surface area contributed by atoms with Crippen LogP contribution >= 0.6 is 0 Å². The van der Waals surface area contributed by atoms with Crippen LogP contribution in [-0.2, 0) is 4.74 Å². The van der Waals surface area contributed by atoms with Crippen molar-refractivity contribution in [2.75, 3.05) is 33.3 Å². The van der Waals surface area contributed by atoms with Gasteiger partial charge in [-0.1, -0.05) is 6.07 Å². The van der Waals surface area contributed by atoms with Crippen molar-refractivity contribution in [1.29, 1.82) is 0 Å². The van der Waals surface area contributed by atoms with Crippen LogP contribution in [-0.4, -0.2) is 54.7 Å². The lowest BCUT2D eigenvalue weighted by molar-refractivity contribution is -0.103. The maximum absolute atomic E-state index is 13.2. The van der Waals surface area contributed by atoms with Gasteiger partial charge in [-0.25, -0.2) is 0 Å². The number of hydrogen-bond acceptors (Lipinski definition) is 5. The quantitative estimate of drug-likeness (QED) is 0.785. The van der Waals surface area contributed by atoms with Gasteiger partial charge in [-0.2, -0.15) is 0 Å². The molecule has 3 heterocycles. The Kier molecular flexibility index (Phi) is 4.12. The molecule has 2 aliphatic heterocycles. The molecule has 1 aromatic heterocycles. The van der Waals surface area contributed by atoms with Gasteiger partial charge < -0.3 is 19.0 Å². The molecule has 6 nitrogen and oxygen atoms in total. The molecule has 0 N–H and O–H groups in total. The van der Waals surface area contributed by atoms with E-state index >= 15 is 0 Å². The molecule has 0 bridgehead atoms. The minimum absolute atomic E-state index is 0.0956. The minimum atomic E-state index is -0.570. The van der Waals surface area contributed by atoms with Crippen LogP contribution in [0.25, 0.3) is 11.0 Å². The van der Waals surface area contributed by atoms with Gasteiger partial charge in [0, 0.05) is 38.5 Å². The van der Waals surface area contributed by atoms with E-state index in [0.717, 1.165) is 37.1 Å². The van der Waals surface area contributed by atoms with Gasteiger partial charge in [0.15, 0.2) is 11.2 Å². The first-order valence-corrected chi connectivity index (χ1v) is 9.09. The fraction of sp³-hybridized carbons (Fsp3) is 0.500. The molecular weight excluding hydrogens is 332 g/mol. The topological polar surface area (TPSA) is 63.0 Å². The predicted molar refractivity (Wildman–Crippen MR) is 98.4 cm³/mol. The van der Waals surface area contributed by atoms with Gasteiger partial charge >= 0.3 is 0 Å². The molecule has 1 aromatic carbocycles. The van der Waals surface area contributed by atoms with Crippen molar-refractivity contribution in [2.24, 2.45) is 0 Å². The van der Waals surface area contributed by atoms with Crippen molar-refractivity contribution in [3.63, 3.8) is 0 Å². The van der Waals surface area contributed by atoms with Gasteiger partial charge in [0.05, 0.1) is 12.0 Å². The Balaban J connectivity index is 1.73. The lowest BCUT2D eigenvalue weighted by atomic mass is 9.99. The normalized spacial score (nSPS) is 20.2. The molecule has 0 radical (unpaired) electrons. The summed E-state index contributed by atoms with van der Waals surface area (Å²) in [5.74, 6) is -0.163. The number of likely N-dealkylation sites (tertiary alicyclic amines) is 1. The Bertz CT molecular complexity index is 925. The third kappa shape index (κ3) is 2.73. The second-order valence-corrected chi connectivity index (χ2v) is 7.49. The number of carbonyl (C=O) groups excluding carboxylic acids is 1. The average molecular weight is 356 g/mol. The minimum Gasteiger partial charge on any atom is -0.450 e. The van der Waals surface area contributed by atoms with E-state index < -0.39 is 5.72 Å². The van der Waals surface area contributed by atoms with Crippen molar-refractivity contribution in [3.05, 3.63) is 45.3 Å². The molecule has 2 saturated heterocycles. The van der Waals surface area contributed by atoms with Gasteiger partial charge in [0.2, 0.25) is 0 Å². The summed E-state index contributed by atoms with van der Waals surface area (Å²) in [5, 5.41) is 0.519. The number of hydrogen-bond donors (Lipinski definition) is 0. The lowest BCUT2D eigenvalue weighted by Gasteiger charge is -2.42. The first-order chi connectivity index (χ1) is 12.4. The highest BCUT2D eigenvalue weighted by atomic mass is 16.5. The summed E-state index contributed by atoms with van der Waals surface area (Å²) in [6.07, 6.45) is 1.54. The van der Waals surface area contributed by atoms with Crippen LogP contribution in [0, 0.1) is 13.8 Å². The maximum Gasteiger partial charge on any atom is 0.292 e. The number of rotatable bonds is 1. The third-order valence-corrected chi connectivity index (χ3v) is 5.56. The van der Waals surface area contributed by atoms with Gasteiger partial charge in [-0.05, 0) is 38.1 Å². The van der Waals surface area contributed by atoms with Crippen molar-refractivity contribution < 1.29 is 13.9 Å². The van der Waals surface area contributed by atoms with Crippen LogP contribution in [0.3, 0.4) is 0 Å². The molecule has 0 atom stereocenters. The number of benzene rings is 1. The highest BCUT2D eigenvalue weighted by Gasteiger charge is 2.47. The van der Waals surface area contributed by atoms with E-state index in [0.29, 0.717) is 24.1 Å². The Hall–Kier alpha value is -2.18. The number of carbonyl (C=O) groups is 1. The van der Waals surface area contributed by atoms with Crippen LogP contribution in [0.2, 0.25) is 0 Å². The highest BCUT2D eigenvalue weighted by molar-refractivity contribution is 5.94. The molecule has 2 aliphatic rings. The van der Waals surface area contributed by atoms with Crippen molar-refractivity contribution in [2.45, 2.75) is 32.4 Å². The van der Waals surface area contributed by atoms with E-state index in [1.54, 1.807) is 11.0 Å². The Morgan fingerprint density at radius 3 is 2.58 bits per heavy atom. The average Bonchev–Trinajstić information content (AvgIpc) is 3.01. The third-order valence-electron chi connectivity index (χ3n) is 5.56. The van der Waals surface area contributed by atoms with E-state index in [-0.39, 0.29) is 17.1 Å². The zero-order valence-corrected chi connectivity index (χ0v) is 15.5. The summed E-state index contributed by atoms with van der Waals surface area (Å²) < 4.78 is 11.9. The van der Waals surface area contributed by atoms with Gasteiger partial charge in [0.1, 0.15) is 11.3 Å². The number of nitrogens with zero attached hydrogens (tertiary/aromatic N) is 2. The first kappa shape index (κ1) is 17.2. The van der Waals surface area contributed by atoms with Gasteiger partial charge in [0.25, 0.3) is 5.91 Å². The van der Waals surface area contributed by atoms with E-state index in [1.807, 2.05) is 19.9 Å². The zero-order valence-electron chi connectivity index (χ0n) is 15.5. The second kappa shape index (κ2) is 6.21. The van der Waals surface area contributed by atoms with E-state index in [9.17, 15) is 9.59 Å². The Morgan fingerprint density at radius 1 is 1.12 bits per heavy atom. The van der Waals surface area contributed by atoms with Gasteiger partial charge in [-0.15, -0.1) is 0 Å². The molecule has 2 aromatic rings. The van der Waals surface area contributed by atoms with Crippen molar-refractivity contribution >= 4 is 16.9 Å². The molecule has 2 fully saturated rings. The largest absolute Gasteiger partial charge is 0.450 e. The zero-order chi connectivity index (χ0) is 18.5. The summed E-state index contributed by atoms with van der Waals surface area (Å²) in [4.78, 5) is 29.7. The number of aryl methyl sites for hydroxylation is 2. The standard InChI is InChI=1S/C20H24N2O4/c1-13-10-14(2)18-15(11-13)16(23)12-17(26-18)19(24)22-8-9-25-20(22)4-6-21(3)7-5-20/h10-12H,4-9H2,1-3H3. The van der Waals surface area contributed by atoms with Crippen LogP contribution in [0.5, 0.6) is 0 Å². The number of fused-ring (bicyclic) bond motifs is 1. The number of piperidine rings is 1. The Labute approximate surface area is 152 Å². The predicted octanol–water partition coefficient (Wildman–Crippen LogP) is 2.30. The van der Waals surface area contributed by atoms with Crippen LogP contribution in [0.1, 0.15) is 34.5 Å². The monoisotopic (exact) mass is 356 g/mol. The molecule has 1 amide bonds.